The Labute approximate surface area is 132 Å². The highest BCUT2D eigenvalue weighted by Gasteiger charge is 2.41. The van der Waals surface area contributed by atoms with E-state index in [-0.39, 0.29) is 5.60 Å². The van der Waals surface area contributed by atoms with E-state index in [0.717, 1.165) is 25.5 Å². The van der Waals surface area contributed by atoms with Crippen molar-refractivity contribution in [2.75, 3.05) is 13.2 Å². The molecule has 0 aliphatic heterocycles. The summed E-state index contributed by atoms with van der Waals surface area (Å²) in [6.45, 7) is 12.4. The van der Waals surface area contributed by atoms with E-state index in [1.54, 1.807) is 0 Å². The number of likely N-dealkylation sites (N-methyl/N-ethyl adjacent to an activating group) is 1. The molecule has 21 heavy (non-hydrogen) atoms. The highest BCUT2D eigenvalue weighted by atomic mass is 16.5. The maximum absolute atomic E-state index is 6.33. The third-order valence-electron chi connectivity index (χ3n) is 5.04. The molecule has 1 N–H and O–H groups in total. The summed E-state index contributed by atoms with van der Waals surface area (Å²) in [5.74, 6) is 0.869. The first-order valence-corrected chi connectivity index (χ1v) is 9.16. The van der Waals surface area contributed by atoms with Crippen molar-refractivity contribution >= 4 is 0 Å². The van der Waals surface area contributed by atoms with Gasteiger partial charge in [-0.2, -0.15) is 0 Å². The monoisotopic (exact) mass is 295 g/mol. The molecule has 0 bridgehead atoms. The lowest BCUT2D eigenvalue weighted by atomic mass is 9.74. The average Bonchev–Trinajstić information content (AvgIpc) is 2.49. The third-order valence-corrected chi connectivity index (χ3v) is 5.04. The molecule has 1 saturated carbocycles. The van der Waals surface area contributed by atoms with Crippen LogP contribution in [0.1, 0.15) is 78.6 Å². The highest BCUT2D eigenvalue weighted by molar-refractivity contribution is 4.96. The normalized spacial score (nSPS) is 27.5. The van der Waals surface area contributed by atoms with Gasteiger partial charge in [-0.25, -0.2) is 0 Å². The quantitative estimate of drug-likeness (QED) is 0.423. The summed E-state index contributed by atoms with van der Waals surface area (Å²) >= 11 is 0. The fourth-order valence-electron chi connectivity index (χ4n) is 3.74. The van der Waals surface area contributed by atoms with Crippen LogP contribution in [0.15, 0.2) is 12.7 Å². The summed E-state index contributed by atoms with van der Waals surface area (Å²) in [5, 5.41) is 3.74. The first kappa shape index (κ1) is 18.7. The second-order valence-corrected chi connectivity index (χ2v) is 6.72. The highest BCUT2D eigenvalue weighted by Crippen LogP contribution is 2.38. The maximum atomic E-state index is 6.33. The van der Waals surface area contributed by atoms with E-state index in [1.165, 1.54) is 51.4 Å². The molecule has 2 heteroatoms. The third kappa shape index (κ3) is 6.12. The lowest BCUT2D eigenvalue weighted by molar-refractivity contribution is -0.0978. The van der Waals surface area contributed by atoms with Gasteiger partial charge in [0.05, 0.1) is 5.60 Å². The Bertz CT molecular complexity index is 269. The molecule has 1 rings (SSSR count). The molecule has 0 aromatic rings. The topological polar surface area (TPSA) is 21.3 Å². The summed E-state index contributed by atoms with van der Waals surface area (Å²) in [7, 11) is 0. The van der Waals surface area contributed by atoms with Crippen molar-refractivity contribution in [3.8, 4) is 0 Å². The summed E-state index contributed by atoms with van der Waals surface area (Å²) < 4.78 is 6.33. The number of nitrogens with one attached hydrogen (secondary N) is 1. The molecule has 0 aromatic carbocycles. The van der Waals surface area contributed by atoms with Crippen LogP contribution >= 0.6 is 0 Å². The smallest absolute Gasteiger partial charge is 0.0834 e. The minimum absolute atomic E-state index is 0.0930. The van der Waals surface area contributed by atoms with Gasteiger partial charge in [-0.05, 0) is 64.3 Å². The number of hydrogen-bond donors (Lipinski definition) is 1. The minimum atomic E-state index is 0.0930. The van der Waals surface area contributed by atoms with Gasteiger partial charge >= 0.3 is 0 Å². The van der Waals surface area contributed by atoms with Gasteiger partial charge in [-0.3, -0.25) is 0 Å². The summed E-state index contributed by atoms with van der Waals surface area (Å²) in [4.78, 5) is 0. The fourth-order valence-corrected chi connectivity index (χ4v) is 3.74. The first-order chi connectivity index (χ1) is 10.2. The summed E-state index contributed by atoms with van der Waals surface area (Å²) in [5.41, 5.74) is 0.0930. The van der Waals surface area contributed by atoms with Crippen LogP contribution in [0.2, 0.25) is 0 Å². The minimum Gasteiger partial charge on any atom is -0.374 e. The molecule has 1 aliphatic carbocycles. The molecule has 0 saturated heterocycles. The number of rotatable bonds is 11. The molecular weight excluding hydrogens is 258 g/mol. The predicted octanol–water partition coefficient (Wildman–Crippen LogP) is 5.09. The van der Waals surface area contributed by atoms with Crippen LogP contribution in [-0.2, 0) is 4.74 Å². The molecule has 0 amide bonds. The van der Waals surface area contributed by atoms with E-state index in [4.69, 9.17) is 4.74 Å². The molecule has 2 nitrogen and oxygen atoms in total. The van der Waals surface area contributed by atoms with Gasteiger partial charge in [0, 0.05) is 12.6 Å². The Kier molecular flexibility index (Phi) is 9.26. The van der Waals surface area contributed by atoms with E-state index in [9.17, 15) is 0 Å². The van der Waals surface area contributed by atoms with Gasteiger partial charge in [-0.1, -0.05) is 32.8 Å². The number of allylic oxidation sites excluding steroid dienone is 1. The van der Waals surface area contributed by atoms with Crippen molar-refractivity contribution in [3.05, 3.63) is 12.7 Å². The second kappa shape index (κ2) is 10.4. The standard InChI is InChI=1S/C19H37NO/c1-5-8-9-10-11-12-18(20-6-2)19(21-7-3)15-13-17(4)14-16-19/h5,17-18,20H,1,6-16H2,2-4H3. The number of ether oxygens (including phenoxy) is 1. The first-order valence-electron chi connectivity index (χ1n) is 9.16. The predicted molar refractivity (Wildman–Crippen MR) is 92.7 cm³/mol. The van der Waals surface area contributed by atoms with E-state index < -0.39 is 0 Å². The summed E-state index contributed by atoms with van der Waals surface area (Å²) in [6.07, 6.45) is 13.4. The van der Waals surface area contributed by atoms with Crippen LogP contribution in [0.5, 0.6) is 0 Å². The molecule has 124 valence electrons. The Morgan fingerprint density at radius 3 is 2.52 bits per heavy atom. The SMILES string of the molecule is C=CCCCCCC(NCC)C1(OCC)CCC(C)CC1. The van der Waals surface area contributed by atoms with Crippen molar-refractivity contribution < 1.29 is 4.74 Å². The molecule has 0 heterocycles. The van der Waals surface area contributed by atoms with E-state index in [1.807, 2.05) is 6.08 Å². The van der Waals surface area contributed by atoms with Gasteiger partial charge in [0.2, 0.25) is 0 Å². The molecule has 1 aliphatic rings. The summed E-state index contributed by atoms with van der Waals surface area (Å²) in [6, 6.07) is 0.527. The number of hydrogen-bond acceptors (Lipinski definition) is 2. The van der Waals surface area contributed by atoms with Gasteiger partial charge in [0.1, 0.15) is 0 Å². The van der Waals surface area contributed by atoms with Gasteiger partial charge in [0.25, 0.3) is 0 Å². The van der Waals surface area contributed by atoms with Crippen LogP contribution in [0.3, 0.4) is 0 Å². The molecule has 1 unspecified atom stereocenters. The Morgan fingerprint density at radius 1 is 1.24 bits per heavy atom. The van der Waals surface area contributed by atoms with Crippen molar-refractivity contribution in [1.82, 2.24) is 5.32 Å². The van der Waals surface area contributed by atoms with Crippen molar-refractivity contribution in [2.45, 2.75) is 90.2 Å². The zero-order chi connectivity index (χ0) is 15.6. The second-order valence-electron chi connectivity index (χ2n) is 6.72. The van der Waals surface area contributed by atoms with E-state index >= 15 is 0 Å². The van der Waals surface area contributed by atoms with Crippen LogP contribution < -0.4 is 5.32 Å². The molecular formula is C19H37NO. The van der Waals surface area contributed by atoms with Gasteiger partial charge < -0.3 is 10.1 Å². The fraction of sp³-hybridized carbons (Fsp3) is 0.895. The van der Waals surface area contributed by atoms with Gasteiger partial charge in [-0.15, -0.1) is 6.58 Å². The van der Waals surface area contributed by atoms with Crippen molar-refractivity contribution in [3.63, 3.8) is 0 Å². The molecule has 0 aromatic heterocycles. The maximum Gasteiger partial charge on any atom is 0.0834 e. The number of unbranched alkanes of at least 4 members (excludes halogenated alkanes) is 3. The van der Waals surface area contributed by atoms with Crippen LogP contribution in [0.25, 0.3) is 0 Å². The van der Waals surface area contributed by atoms with Crippen LogP contribution in [0.4, 0.5) is 0 Å². The van der Waals surface area contributed by atoms with Crippen molar-refractivity contribution in [1.29, 1.82) is 0 Å². The molecule has 0 spiro atoms. The van der Waals surface area contributed by atoms with E-state index in [2.05, 4.69) is 32.7 Å². The molecule has 1 fully saturated rings. The van der Waals surface area contributed by atoms with Crippen molar-refractivity contribution in [2.24, 2.45) is 5.92 Å². The Morgan fingerprint density at radius 2 is 1.95 bits per heavy atom. The zero-order valence-corrected chi connectivity index (χ0v) is 14.6. The largest absolute Gasteiger partial charge is 0.374 e. The van der Waals surface area contributed by atoms with Gasteiger partial charge in [0.15, 0.2) is 0 Å². The Hall–Kier alpha value is -0.340. The molecule has 0 radical (unpaired) electrons. The Balaban J connectivity index is 2.57. The van der Waals surface area contributed by atoms with E-state index in [0.29, 0.717) is 6.04 Å². The van der Waals surface area contributed by atoms with Crippen LogP contribution in [-0.4, -0.2) is 24.8 Å². The average molecular weight is 296 g/mol. The molecule has 1 atom stereocenters. The lowest BCUT2D eigenvalue weighted by Crippen LogP contribution is -2.54. The lowest BCUT2D eigenvalue weighted by Gasteiger charge is -2.45. The zero-order valence-electron chi connectivity index (χ0n) is 14.6. The van der Waals surface area contributed by atoms with Crippen LogP contribution in [0, 0.1) is 5.92 Å².